The molecule has 0 unspecified atom stereocenters. The maximum absolute atomic E-state index is 14.9. The molecule has 1 heterocycles. The Bertz CT molecular complexity index is 1300. The predicted molar refractivity (Wildman–Crippen MR) is 128 cm³/mol. The number of rotatable bonds is 8. The van der Waals surface area contributed by atoms with Crippen molar-refractivity contribution in [2.45, 2.75) is 24.3 Å². The summed E-state index contributed by atoms with van der Waals surface area (Å²) in [6.45, 7) is 2.19. The molecular weight excluding hydrogens is 484 g/mol. The topological polar surface area (TPSA) is 77.0 Å². The van der Waals surface area contributed by atoms with Crippen LogP contribution in [0.25, 0.3) is 0 Å². The zero-order valence-corrected chi connectivity index (χ0v) is 19.7. The van der Waals surface area contributed by atoms with Gasteiger partial charge < -0.3 is 0 Å². The number of nitrogens with zero attached hydrogens (tertiary/aromatic N) is 3. The van der Waals surface area contributed by atoms with Gasteiger partial charge in [-0.1, -0.05) is 35.9 Å². The van der Waals surface area contributed by atoms with Gasteiger partial charge in [-0.2, -0.15) is 5.10 Å². The van der Waals surface area contributed by atoms with Crippen LogP contribution >= 0.6 is 11.6 Å². The van der Waals surface area contributed by atoms with Gasteiger partial charge in [0.1, 0.15) is 18.0 Å². The SMILES string of the molecule is C[C@H](c1ccccc1CCN1C=NNN1)N(c1cc(F)ccc1F)S(=O)(=O)c1ccc(Cl)cc1. The lowest BCUT2D eigenvalue weighted by Gasteiger charge is -2.32. The van der Waals surface area contributed by atoms with Gasteiger partial charge in [-0.15, -0.1) is 5.53 Å². The highest BCUT2D eigenvalue weighted by Crippen LogP contribution is 2.36. The number of halogens is 3. The Kier molecular flexibility index (Phi) is 7.01. The van der Waals surface area contributed by atoms with Gasteiger partial charge in [0.05, 0.1) is 16.6 Å². The van der Waals surface area contributed by atoms with Crippen molar-refractivity contribution in [2.24, 2.45) is 5.10 Å². The predicted octanol–water partition coefficient (Wildman–Crippen LogP) is 4.39. The minimum atomic E-state index is -4.29. The highest BCUT2D eigenvalue weighted by Gasteiger charge is 2.33. The molecule has 0 fully saturated rings. The normalized spacial score (nSPS) is 14.2. The van der Waals surface area contributed by atoms with Crippen molar-refractivity contribution < 1.29 is 17.2 Å². The Morgan fingerprint density at radius 1 is 1.09 bits per heavy atom. The van der Waals surface area contributed by atoms with Crippen LogP contribution in [0, 0.1) is 11.6 Å². The number of hydrogen-bond donors (Lipinski definition) is 2. The van der Waals surface area contributed by atoms with Crippen LogP contribution < -0.4 is 15.4 Å². The monoisotopic (exact) mass is 505 g/mol. The molecule has 0 saturated heterocycles. The smallest absolute Gasteiger partial charge is 0.264 e. The molecule has 0 aliphatic carbocycles. The van der Waals surface area contributed by atoms with Crippen molar-refractivity contribution in [3.05, 3.63) is 94.5 Å². The highest BCUT2D eigenvalue weighted by molar-refractivity contribution is 7.92. The lowest BCUT2D eigenvalue weighted by atomic mass is 9.98. The molecule has 4 rings (SSSR count). The van der Waals surface area contributed by atoms with Crippen molar-refractivity contribution in [3.63, 3.8) is 0 Å². The minimum Gasteiger partial charge on any atom is -0.277 e. The Balaban J connectivity index is 1.79. The number of hydrazone groups is 1. The molecule has 0 spiro atoms. The van der Waals surface area contributed by atoms with E-state index in [1.807, 2.05) is 12.1 Å². The number of benzene rings is 3. The Morgan fingerprint density at radius 2 is 1.82 bits per heavy atom. The quantitative estimate of drug-likeness (QED) is 0.475. The maximum atomic E-state index is 14.9. The lowest BCUT2D eigenvalue weighted by Crippen LogP contribution is -2.38. The lowest BCUT2D eigenvalue weighted by molar-refractivity contribution is 0.303. The second-order valence-electron chi connectivity index (χ2n) is 7.64. The van der Waals surface area contributed by atoms with Crippen LogP contribution in [0.5, 0.6) is 0 Å². The first-order valence-corrected chi connectivity index (χ1v) is 12.2. The molecule has 7 nitrogen and oxygen atoms in total. The summed E-state index contributed by atoms with van der Waals surface area (Å²) in [5.41, 5.74) is 6.58. The summed E-state index contributed by atoms with van der Waals surface area (Å²) in [5.74, 6) is -1.60. The van der Waals surface area contributed by atoms with Crippen LogP contribution in [-0.2, 0) is 16.4 Å². The average molecular weight is 506 g/mol. The number of sulfonamides is 1. The first-order valence-electron chi connectivity index (χ1n) is 10.4. The van der Waals surface area contributed by atoms with E-state index in [2.05, 4.69) is 16.2 Å². The molecule has 0 bridgehead atoms. The summed E-state index contributed by atoms with van der Waals surface area (Å²) in [4.78, 5) is -0.0894. The average Bonchev–Trinajstić information content (AvgIpc) is 3.34. The molecule has 0 radical (unpaired) electrons. The van der Waals surface area contributed by atoms with E-state index < -0.39 is 27.7 Å². The van der Waals surface area contributed by atoms with Crippen molar-refractivity contribution in [3.8, 4) is 0 Å². The van der Waals surface area contributed by atoms with Gasteiger partial charge in [-0.25, -0.2) is 22.7 Å². The van der Waals surface area contributed by atoms with Gasteiger partial charge in [0.25, 0.3) is 10.0 Å². The molecule has 178 valence electrons. The minimum absolute atomic E-state index is 0.0894. The van der Waals surface area contributed by atoms with E-state index >= 15 is 0 Å². The molecule has 34 heavy (non-hydrogen) atoms. The number of hydrazine groups is 2. The van der Waals surface area contributed by atoms with Crippen LogP contribution in [0.4, 0.5) is 14.5 Å². The van der Waals surface area contributed by atoms with Gasteiger partial charge in [-0.05, 0) is 60.9 Å². The van der Waals surface area contributed by atoms with Crippen molar-refractivity contribution >= 4 is 33.7 Å². The van der Waals surface area contributed by atoms with Gasteiger partial charge in [0, 0.05) is 17.6 Å². The molecular formula is C23H22ClF2N5O2S. The zero-order valence-electron chi connectivity index (χ0n) is 18.1. The van der Waals surface area contributed by atoms with Crippen molar-refractivity contribution in [2.75, 3.05) is 10.8 Å². The van der Waals surface area contributed by atoms with E-state index in [4.69, 9.17) is 11.6 Å². The van der Waals surface area contributed by atoms with E-state index in [0.717, 1.165) is 28.1 Å². The Morgan fingerprint density at radius 3 is 2.53 bits per heavy atom. The van der Waals surface area contributed by atoms with Crippen LogP contribution in [0.2, 0.25) is 5.02 Å². The Labute approximate surface area is 201 Å². The fraction of sp³-hybridized carbons (Fsp3) is 0.174. The zero-order chi connectivity index (χ0) is 24.3. The van der Waals surface area contributed by atoms with Crippen LogP contribution in [-0.4, -0.2) is 26.3 Å². The Hall–Kier alpha value is -3.21. The summed E-state index contributed by atoms with van der Waals surface area (Å²) >= 11 is 5.93. The van der Waals surface area contributed by atoms with E-state index in [0.29, 0.717) is 23.6 Å². The van der Waals surface area contributed by atoms with Gasteiger partial charge in [0.2, 0.25) is 0 Å². The van der Waals surface area contributed by atoms with Crippen molar-refractivity contribution in [1.82, 2.24) is 16.1 Å². The van der Waals surface area contributed by atoms with Crippen LogP contribution in [0.15, 0.2) is 76.7 Å². The van der Waals surface area contributed by atoms with Crippen LogP contribution in [0.3, 0.4) is 0 Å². The second-order valence-corrected chi connectivity index (χ2v) is 9.89. The molecule has 2 N–H and O–H groups in total. The first-order chi connectivity index (χ1) is 16.3. The van der Waals surface area contributed by atoms with Crippen molar-refractivity contribution in [1.29, 1.82) is 0 Å². The third kappa shape index (κ3) is 4.98. The molecule has 11 heteroatoms. The summed E-state index contributed by atoms with van der Waals surface area (Å²) in [6.07, 6.45) is 2.13. The molecule has 0 saturated carbocycles. The van der Waals surface area contributed by atoms with Gasteiger partial charge >= 0.3 is 0 Å². The molecule has 1 aliphatic heterocycles. The molecule has 3 aromatic rings. The summed E-state index contributed by atoms with van der Waals surface area (Å²) in [5, 5.41) is 5.95. The standard InChI is InChI=1S/C23H22ClF2N5O2S/c1-16(21-5-3-2-4-17(21)12-13-30-15-27-28-29-30)31(23-14-19(25)8-11-22(23)26)34(32,33)20-9-6-18(24)7-10-20/h2-11,14-16,28-29H,12-13H2,1H3/t16-/m1/s1. The fourth-order valence-corrected chi connectivity index (χ4v) is 5.55. The molecule has 0 aromatic heterocycles. The third-order valence-corrected chi connectivity index (χ3v) is 7.60. The fourth-order valence-electron chi connectivity index (χ4n) is 3.79. The maximum Gasteiger partial charge on any atom is 0.264 e. The van der Waals surface area contributed by atoms with E-state index in [9.17, 15) is 17.2 Å². The summed E-state index contributed by atoms with van der Waals surface area (Å²) in [6, 6.07) is 14.7. The number of anilines is 1. The summed E-state index contributed by atoms with van der Waals surface area (Å²) in [7, 11) is -4.29. The highest BCUT2D eigenvalue weighted by atomic mass is 35.5. The number of hydrogen-bond acceptors (Lipinski definition) is 6. The number of nitrogens with one attached hydrogen (secondary N) is 2. The summed E-state index contributed by atoms with van der Waals surface area (Å²) < 4.78 is 57.5. The van der Waals surface area contributed by atoms with Gasteiger partial charge in [-0.3, -0.25) is 9.31 Å². The third-order valence-electron chi connectivity index (χ3n) is 5.45. The largest absolute Gasteiger partial charge is 0.277 e. The van der Waals surface area contributed by atoms with E-state index in [1.54, 1.807) is 30.4 Å². The first kappa shape index (κ1) is 23.9. The second kappa shape index (κ2) is 9.96. The van der Waals surface area contributed by atoms with E-state index in [-0.39, 0.29) is 10.6 Å². The van der Waals surface area contributed by atoms with Gasteiger partial charge in [0.15, 0.2) is 0 Å². The molecule has 3 aromatic carbocycles. The molecule has 0 amide bonds. The molecule has 1 atom stereocenters. The van der Waals surface area contributed by atoms with Crippen LogP contribution in [0.1, 0.15) is 24.1 Å². The molecule has 1 aliphatic rings. The van der Waals surface area contributed by atoms with E-state index in [1.165, 1.54) is 24.3 Å².